The first-order chi connectivity index (χ1) is 12.8. The Labute approximate surface area is 166 Å². The number of Topliss-reactive ketones (excluding diaryl/α,β-unsaturated/α-hetero) is 1. The van der Waals surface area contributed by atoms with Gasteiger partial charge in [-0.1, -0.05) is 31.6 Å². The Kier molecular flexibility index (Phi) is 6.06. The Bertz CT molecular complexity index is 605. The standard InChI is InChI=1S/C22H34O2.C3H6/c1-14(23)18-7-8-19-17-6-5-15-13-16(24-4)9-11-21(15,2)20(17)10-12-22(18,19)3;1-3-2/h5,16-20H,6-13H2,1-4H3;3H,1H2,2H3/t16-,17?,18+,19?,20?,21-,22+;/m0./s1. The minimum atomic E-state index is 0.276. The Morgan fingerprint density at radius 2 is 1.89 bits per heavy atom. The summed E-state index contributed by atoms with van der Waals surface area (Å²) in [7, 11) is 1.87. The second-order valence-corrected chi connectivity index (χ2v) is 10.1. The minimum absolute atomic E-state index is 0.276. The van der Waals surface area contributed by atoms with Gasteiger partial charge in [0.2, 0.25) is 0 Å². The number of hydrogen-bond acceptors (Lipinski definition) is 2. The Morgan fingerprint density at radius 3 is 2.52 bits per heavy atom. The highest BCUT2D eigenvalue weighted by Crippen LogP contribution is 2.66. The molecule has 0 aromatic rings. The maximum atomic E-state index is 12.2. The zero-order chi connectivity index (χ0) is 19.8. The lowest BCUT2D eigenvalue weighted by molar-refractivity contribution is -0.127. The van der Waals surface area contributed by atoms with E-state index in [9.17, 15) is 4.79 Å². The van der Waals surface area contributed by atoms with Crippen LogP contribution in [0, 0.1) is 34.5 Å². The summed E-state index contributed by atoms with van der Waals surface area (Å²) in [6.45, 7) is 12.1. The van der Waals surface area contributed by atoms with Crippen molar-refractivity contribution in [2.45, 2.75) is 85.2 Å². The van der Waals surface area contributed by atoms with E-state index in [4.69, 9.17) is 4.74 Å². The first kappa shape index (κ1) is 20.8. The molecule has 0 aromatic heterocycles. The summed E-state index contributed by atoms with van der Waals surface area (Å²) in [4.78, 5) is 12.2. The number of ketones is 1. The monoisotopic (exact) mass is 372 g/mol. The van der Waals surface area contributed by atoms with Crippen LogP contribution in [-0.2, 0) is 9.53 Å². The van der Waals surface area contributed by atoms with Gasteiger partial charge < -0.3 is 4.74 Å². The molecule has 0 aromatic carbocycles. The molecule has 0 N–H and O–H groups in total. The average molecular weight is 373 g/mol. The maximum absolute atomic E-state index is 12.2. The van der Waals surface area contributed by atoms with Gasteiger partial charge >= 0.3 is 0 Å². The van der Waals surface area contributed by atoms with Crippen molar-refractivity contribution >= 4 is 5.78 Å². The fourth-order valence-corrected chi connectivity index (χ4v) is 7.50. The van der Waals surface area contributed by atoms with Gasteiger partial charge in [-0.3, -0.25) is 4.79 Å². The Hall–Kier alpha value is -0.890. The van der Waals surface area contributed by atoms with Crippen molar-refractivity contribution in [3.63, 3.8) is 0 Å². The molecule has 0 heterocycles. The number of carbonyl (C=O) groups is 1. The molecule has 0 bridgehead atoms. The second-order valence-electron chi connectivity index (χ2n) is 10.1. The molecule has 4 rings (SSSR count). The lowest BCUT2D eigenvalue weighted by atomic mass is 9.47. The third-order valence-electron chi connectivity index (χ3n) is 8.88. The van der Waals surface area contributed by atoms with Crippen LogP contribution in [0.15, 0.2) is 24.3 Å². The van der Waals surface area contributed by atoms with Crippen LogP contribution in [0.25, 0.3) is 0 Å². The lowest BCUT2D eigenvalue weighted by Crippen LogP contribution is -2.51. The summed E-state index contributed by atoms with van der Waals surface area (Å²) in [5, 5.41) is 0. The van der Waals surface area contributed by atoms with Crippen molar-refractivity contribution in [2.75, 3.05) is 7.11 Å². The van der Waals surface area contributed by atoms with Gasteiger partial charge in [0.25, 0.3) is 0 Å². The van der Waals surface area contributed by atoms with Gasteiger partial charge in [-0.05, 0) is 93.8 Å². The number of ether oxygens (including phenoxy) is 1. The normalized spacial score (nSPS) is 45.4. The number of carbonyl (C=O) groups excluding carboxylic acids is 1. The summed E-state index contributed by atoms with van der Waals surface area (Å²) in [6.07, 6.45) is 14.7. The molecule has 2 nitrogen and oxygen atoms in total. The maximum Gasteiger partial charge on any atom is 0.133 e. The van der Waals surface area contributed by atoms with Gasteiger partial charge in [0.15, 0.2) is 0 Å². The number of hydrogen-bond donors (Lipinski definition) is 0. The van der Waals surface area contributed by atoms with E-state index < -0.39 is 0 Å². The van der Waals surface area contributed by atoms with Gasteiger partial charge in [0, 0.05) is 13.0 Å². The predicted molar refractivity (Wildman–Crippen MR) is 113 cm³/mol. The van der Waals surface area contributed by atoms with E-state index in [1.165, 1.54) is 38.5 Å². The summed E-state index contributed by atoms with van der Waals surface area (Å²) >= 11 is 0. The molecule has 0 saturated heterocycles. The highest BCUT2D eigenvalue weighted by Gasteiger charge is 2.59. The van der Waals surface area contributed by atoms with E-state index in [0.717, 1.165) is 30.6 Å². The molecule has 0 radical (unpaired) electrons. The summed E-state index contributed by atoms with van der Waals surface area (Å²) in [6, 6.07) is 0. The van der Waals surface area contributed by atoms with Gasteiger partial charge in [0.05, 0.1) is 6.10 Å². The van der Waals surface area contributed by atoms with Crippen molar-refractivity contribution in [3.05, 3.63) is 24.3 Å². The van der Waals surface area contributed by atoms with E-state index in [1.54, 1.807) is 11.6 Å². The molecule has 3 saturated carbocycles. The molecule has 7 atom stereocenters. The molecule has 3 unspecified atom stereocenters. The third-order valence-corrected chi connectivity index (χ3v) is 8.88. The van der Waals surface area contributed by atoms with Crippen LogP contribution in [-0.4, -0.2) is 19.0 Å². The van der Waals surface area contributed by atoms with E-state index in [-0.39, 0.29) is 5.41 Å². The molecular formula is C25H40O2. The highest BCUT2D eigenvalue weighted by molar-refractivity contribution is 5.79. The van der Waals surface area contributed by atoms with Gasteiger partial charge in [-0.15, -0.1) is 6.58 Å². The van der Waals surface area contributed by atoms with Crippen molar-refractivity contribution in [2.24, 2.45) is 34.5 Å². The topological polar surface area (TPSA) is 26.3 Å². The van der Waals surface area contributed by atoms with Gasteiger partial charge in [-0.2, -0.15) is 0 Å². The van der Waals surface area contributed by atoms with Crippen molar-refractivity contribution in [3.8, 4) is 0 Å². The summed E-state index contributed by atoms with van der Waals surface area (Å²) < 4.78 is 5.67. The van der Waals surface area contributed by atoms with Crippen molar-refractivity contribution in [1.29, 1.82) is 0 Å². The van der Waals surface area contributed by atoms with Crippen LogP contribution >= 0.6 is 0 Å². The number of allylic oxidation sites excluding steroid dienone is 2. The first-order valence-corrected chi connectivity index (χ1v) is 11.1. The van der Waals surface area contributed by atoms with E-state index in [0.29, 0.717) is 23.2 Å². The van der Waals surface area contributed by atoms with Crippen molar-refractivity contribution in [1.82, 2.24) is 0 Å². The van der Waals surface area contributed by atoms with Crippen LogP contribution in [0.5, 0.6) is 0 Å². The van der Waals surface area contributed by atoms with Gasteiger partial charge in [0.1, 0.15) is 5.78 Å². The largest absolute Gasteiger partial charge is 0.381 e. The number of methoxy groups -OCH3 is 1. The summed E-state index contributed by atoms with van der Waals surface area (Å²) in [5.74, 6) is 3.17. The molecule has 0 amide bonds. The van der Waals surface area contributed by atoms with Crippen LogP contribution in [0.1, 0.15) is 79.1 Å². The third kappa shape index (κ3) is 3.37. The predicted octanol–water partition coefficient (Wildman–Crippen LogP) is 6.36. The van der Waals surface area contributed by atoms with Crippen LogP contribution in [0.3, 0.4) is 0 Å². The lowest BCUT2D eigenvalue weighted by Gasteiger charge is -2.58. The molecule has 2 heteroatoms. The molecule has 152 valence electrons. The number of rotatable bonds is 2. The SMILES string of the molecule is C=CC.CO[C@H]1CC[C@@]2(C)C(=CCC3C2CC[C@@]2(C)C3CC[C@@H]2C(C)=O)C1. The van der Waals surface area contributed by atoms with E-state index in [1.807, 2.05) is 21.0 Å². The quantitative estimate of drug-likeness (QED) is 0.527. The Morgan fingerprint density at radius 1 is 1.19 bits per heavy atom. The fraction of sp³-hybridized carbons (Fsp3) is 0.800. The highest BCUT2D eigenvalue weighted by atomic mass is 16.5. The smallest absolute Gasteiger partial charge is 0.133 e. The van der Waals surface area contributed by atoms with E-state index >= 15 is 0 Å². The second kappa shape index (κ2) is 7.85. The van der Waals surface area contributed by atoms with Crippen LogP contribution in [0.2, 0.25) is 0 Å². The zero-order valence-corrected chi connectivity index (χ0v) is 18.2. The van der Waals surface area contributed by atoms with E-state index in [2.05, 4.69) is 26.5 Å². The zero-order valence-electron chi connectivity index (χ0n) is 18.2. The average Bonchev–Trinajstić information content (AvgIpc) is 2.99. The molecular weight excluding hydrogens is 332 g/mol. The molecule has 0 aliphatic heterocycles. The van der Waals surface area contributed by atoms with Crippen LogP contribution in [0.4, 0.5) is 0 Å². The molecule has 27 heavy (non-hydrogen) atoms. The minimum Gasteiger partial charge on any atom is -0.381 e. The molecule has 4 aliphatic carbocycles. The number of fused-ring (bicyclic) bond motifs is 5. The van der Waals surface area contributed by atoms with Gasteiger partial charge in [-0.25, -0.2) is 0 Å². The summed E-state index contributed by atoms with van der Waals surface area (Å²) in [5.41, 5.74) is 2.36. The molecule has 4 aliphatic rings. The molecule has 3 fully saturated rings. The molecule has 0 spiro atoms. The fourth-order valence-electron chi connectivity index (χ4n) is 7.50. The van der Waals surface area contributed by atoms with Crippen molar-refractivity contribution < 1.29 is 9.53 Å². The van der Waals surface area contributed by atoms with Crippen LogP contribution < -0.4 is 0 Å². The first-order valence-electron chi connectivity index (χ1n) is 11.1. The Balaban J connectivity index is 0.000000659.